The van der Waals surface area contributed by atoms with E-state index in [1.807, 2.05) is 13.8 Å². The van der Waals surface area contributed by atoms with Crippen LogP contribution in [0.15, 0.2) is 27.1 Å². The van der Waals surface area contributed by atoms with Gasteiger partial charge in [0.15, 0.2) is 11.3 Å². The molecule has 1 N–H and O–H groups in total. The molecule has 0 spiro atoms. The number of phenols is 1. The van der Waals surface area contributed by atoms with Gasteiger partial charge in [0.1, 0.15) is 11.5 Å². The minimum Gasteiger partial charge on any atom is -0.507 e. The van der Waals surface area contributed by atoms with E-state index in [9.17, 15) is 28.4 Å². The molecule has 0 bridgehead atoms. The third-order valence-corrected chi connectivity index (χ3v) is 5.13. The molecule has 10 heteroatoms. The van der Waals surface area contributed by atoms with Crippen LogP contribution in [0.1, 0.15) is 36.5 Å². The van der Waals surface area contributed by atoms with Gasteiger partial charge < -0.3 is 9.84 Å². The second-order valence-electron chi connectivity index (χ2n) is 6.09. The summed E-state index contributed by atoms with van der Waals surface area (Å²) in [6.45, 7) is 5.32. The lowest BCUT2D eigenvalue weighted by Crippen LogP contribution is -2.11. The van der Waals surface area contributed by atoms with E-state index in [-0.39, 0.29) is 27.6 Å². The number of phenolic OH excluding ortho intramolecular Hbond substituents is 1. The molecule has 0 aromatic heterocycles. The Labute approximate surface area is 169 Å². The standard InChI is InChI=1S/C17H14Br2F3NO4/c1-7(2)10-5-9(4-8(3)15(10)24)27-16-11(18)6-12(23(25)26)13(14(16)19)17(20,21)22/h4-7,24H,1-3H3. The van der Waals surface area contributed by atoms with E-state index in [2.05, 4.69) is 31.9 Å². The van der Waals surface area contributed by atoms with Gasteiger partial charge in [-0.2, -0.15) is 13.2 Å². The summed E-state index contributed by atoms with van der Waals surface area (Å²) in [6, 6.07) is 3.73. The number of ether oxygens (including phenoxy) is 1. The largest absolute Gasteiger partial charge is 0.507 e. The number of aromatic hydroxyl groups is 1. The highest BCUT2D eigenvalue weighted by atomic mass is 79.9. The highest BCUT2D eigenvalue weighted by Gasteiger charge is 2.43. The molecule has 27 heavy (non-hydrogen) atoms. The molecule has 0 saturated carbocycles. The average Bonchev–Trinajstić information content (AvgIpc) is 2.52. The first-order chi connectivity index (χ1) is 12.3. The number of nitro groups is 1. The first-order valence-electron chi connectivity index (χ1n) is 7.59. The van der Waals surface area contributed by atoms with Crippen molar-refractivity contribution in [2.75, 3.05) is 0 Å². The van der Waals surface area contributed by atoms with Crippen molar-refractivity contribution in [1.82, 2.24) is 0 Å². The van der Waals surface area contributed by atoms with Crippen LogP contribution >= 0.6 is 31.9 Å². The summed E-state index contributed by atoms with van der Waals surface area (Å²) in [4.78, 5) is 9.93. The van der Waals surface area contributed by atoms with Crippen molar-refractivity contribution in [3.63, 3.8) is 0 Å². The predicted molar refractivity (Wildman–Crippen MR) is 101 cm³/mol. The third kappa shape index (κ3) is 4.37. The van der Waals surface area contributed by atoms with Gasteiger partial charge in [-0.15, -0.1) is 0 Å². The second-order valence-corrected chi connectivity index (χ2v) is 7.73. The highest BCUT2D eigenvalue weighted by molar-refractivity contribution is 9.11. The topological polar surface area (TPSA) is 72.6 Å². The summed E-state index contributed by atoms with van der Waals surface area (Å²) in [5.74, 6) is -0.0398. The van der Waals surface area contributed by atoms with E-state index in [0.717, 1.165) is 6.07 Å². The molecule has 2 rings (SSSR count). The Bertz CT molecular complexity index is 914. The summed E-state index contributed by atoms with van der Waals surface area (Å²) in [5, 5.41) is 21.2. The number of benzene rings is 2. The van der Waals surface area contributed by atoms with E-state index in [1.54, 1.807) is 6.92 Å². The van der Waals surface area contributed by atoms with Crippen LogP contribution in [-0.4, -0.2) is 10.0 Å². The summed E-state index contributed by atoms with van der Waals surface area (Å²) in [7, 11) is 0. The Balaban J connectivity index is 2.66. The Hall–Kier alpha value is -1.81. The van der Waals surface area contributed by atoms with Crippen molar-refractivity contribution in [2.45, 2.75) is 32.9 Å². The van der Waals surface area contributed by atoms with Crippen molar-refractivity contribution in [2.24, 2.45) is 0 Å². The molecule has 2 aromatic carbocycles. The fraction of sp³-hybridized carbons (Fsp3) is 0.294. The number of halogens is 5. The molecule has 0 atom stereocenters. The zero-order chi connectivity index (χ0) is 20.7. The van der Waals surface area contributed by atoms with Crippen molar-refractivity contribution in [3.8, 4) is 17.2 Å². The SMILES string of the molecule is Cc1cc(Oc2c(Br)cc([N+](=O)[O-])c(C(F)(F)F)c2Br)cc(C(C)C)c1O. The minimum atomic E-state index is -4.96. The van der Waals surface area contributed by atoms with Crippen LogP contribution in [0.25, 0.3) is 0 Å². The van der Waals surface area contributed by atoms with Gasteiger partial charge in [-0.25, -0.2) is 0 Å². The lowest BCUT2D eigenvalue weighted by molar-refractivity contribution is -0.388. The van der Waals surface area contributed by atoms with Crippen LogP contribution in [-0.2, 0) is 6.18 Å². The van der Waals surface area contributed by atoms with Gasteiger partial charge in [-0.1, -0.05) is 13.8 Å². The Morgan fingerprint density at radius 3 is 2.30 bits per heavy atom. The number of aryl methyl sites for hydroxylation is 1. The van der Waals surface area contributed by atoms with E-state index < -0.39 is 26.8 Å². The maximum atomic E-state index is 13.4. The number of nitro benzene ring substituents is 1. The van der Waals surface area contributed by atoms with Crippen molar-refractivity contribution in [1.29, 1.82) is 0 Å². The van der Waals surface area contributed by atoms with Crippen molar-refractivity contribution >= 4 is 37.5 Å². The summed E-state index contributed by atoms with van der Waals surface area (Å²) < 4.78 is 45.1. The molecule has 0 heterocycles. The smallest absolute Gasteiger partial charge is 0.424 e. The molecular weight excluding hydrogens is 499 g/mol. The summed E-state index contributed by atoms with van der Waals surface area (Å²) in [5.41, 5.74) is -1.49. The molecule has 2 aromatic rings. The zero-order valence-electron chi connectivity index (χ0n) is 14.3. The van der Waals surface area contributed by atoms with Gasteiger partial charge >= 0.3 is 6.18 Å². The molecule has 146 valence electrons. The summed E-state index contributed by atoms with van der Waals surface area (Å²) in [6.07, 6.45) is -4.96. The van der Waals surface area contributed by atoms with Gasteiger partial charge in [0.25, 0.3) is 5.69 Å². The number of nitrogens with zero attached hydrogens (tertiary/aromatic N) is 1. The first kappa shape index (κ1) is 21.5. The van der Waals surface area contributed by atoms with Crippen LogP contribution in [0.5, 0.6) is 17.2 Å². The van der Waals surface area contributed by atoms with Gasteiger partial charge in [0.05, 0.1) is 13.9 Å². The monoisotopic (exact) mass is 511 g/mol. The molecular formula is C17H14Br2F3NO4. The van der Waals surface area contributed by atoms with Gasteiger partial charge in [-0.3, -0.25) is 10.1 Å². The van der Waals surface area contributed by atoms with Crippen LogP contribution in [0.3, 0.4) is 0 Å². The Morgan fingerprint density at radius 1 is 1.22 bits per heavy atom. The lowest BCUT2D eigenvalue weighted by Gasteiger charge is -2.17. The maximum absolute atomic E-state index is 13.4. The van der Waals surface area contributed by atoms with Gasteiger partial charge in [0.2, 0.25) is 0 Å². The fourth-order valence-electron chi connectivity index (χ4n) is 2.49. The quantitative estimate of drug-likeness (QED) is 0.351. The first-order valence-corrected chi connectivity index (χ1v) is 9.18. The van der Waals surface area contributed by atoms with E-state index in [1.165, 1.54) is 12.1 Å². The predicted octanol–water partition coefficient (Wildman–Crippen LogP) is 7.07. The molecule has 0 aliphatic heterocycles. The Kier molecular flexibility index (Phi) is 6.10. The number of hydrogen-bond donors (Lipinski definition) is 1. The molecule has 0 saturated heterocycles. The van der Waals surface area contributed by atoms with Crippen molar-refractivity contribution < 1.29 is 27.9 Å². The zero-order valence-corrected chi connectivity index (χ0v) is 17.5. The molecule has 0 aliphatic carbocycles. The normalized spacial score (nSPS) is 11.7. The minimum absolute atomic E-state index is 0.0223. The average molecular weight is 513 g/mol. The molecule has 0 radical (unpaired) electrons. The van der Waals surface area contributed by atoms with Crippen LogP contribution in [0.2, 0.25) is 0 Å². The third-order valence-electron chi connectivity index (χ3n) is 3.78. The van der Waals surface area contributed by atoms with E-state index in [0.29, 0.717) is 11.1 Å². The Morgan fingerprint density at radius 2 is 1.81 bits per heavy atom. The number of alkyl halides is 3. The lowest BCUT2D eigenvalue weighted by atomic mass is 9.99. The fourth-order valence-corrected chi connectivity index (χ4v) is 3.97. The van der Waals surface area contributed by atoms with E-state index >= 15 is 0 Å². The number of hydrogen-bond acceptors (Lipinski definition) is 4. The highest BCUT2D eigenvalue weighted by Crippen LogP contribution is 2.49. The molecule has 0 fully saturated rings. The van der Waals surface area contributed by atoms with E-state index in [4.69, 9.17) is 4.74 Å². The summed E-state index contributed by atoms with van der Waals surface area (Å²) >= 11 is 5.83. The van der Waals surface area contributed by atoms with Crippen molar-refractivity contribution in [3.05, 3.63) is 53.9 Å². The number of rotatable bonds is 4. The maximum Gasteiger partial charge on any atom is 0.424 e. The van der Waals surface area contributed by atoms with Gasteiger partial charge in [-0.05, 0) is 62.4 Å². The van der Waals surface area contributed by atoms with Crippen LogP contribution in [0.4, 0.5) is 18.9 Å². The molecule has 0 unspecified atom stereocenters. The molecule has 0 aliphatic rings. The molecule has 0 amide bonds. The molecule has 5 nitrogen and oxygen atoms in total. The van der Waals surface area contributed by atoms with Crippen LogP contribution < -0.4 is 4.74 Å². The van der Waals surface area contributed by atoms with Gasteiger partial charge in [0, 0.05) is 11.6 Å². The second kappa shape index (κ2) is 7.67. The van der Waals surface area contributed by atoms with Crippen LogP contribution in [0, 0.1) is 17.0 Å².